The fraction of sp³-hybridized carbons (Fsp3) is 0.929. The smallest absolute Gasteiger partial charge is 0.306 e. The lowest BCUT2D eigenvalue weighted by atomic mass is 10.0. The number of carbonyl (C=O) groups excluding carboxylic acids is 2. The second kappa shape index (κ2) is 47.1. The van der Waals surface area contributed by atoms with Crippen molar-refractivity contribution in [3.63, 3.8) is 0 Å². The molecule has 0 saturated heterocycles. The van der Waals surface area contributed by atoms with E-state index in [0.29, 0.717) is 19.3 Å². The normalized spacial score (nSPS) is 11.8. The Balaban J connectivity index is 2.45. The van der Waals surface area contributed by atoms with Crippen LogP contribution in [-0.4, -0.2) is 75.4 Å². The first-order chi connectivity index (χ1) is 31.9. The minimum absolute atomic E-state index is 0.0135. The highest BCUT2D eigenvalue weighted by molar-refractivity contribution is 5.69. The fourth-order valence-electron chi connectivity index (χ4n) is 9.15. The third-order valence-corrected chi connectivity index (χ3v) is 13.4. The maximum absolute atomic E-state index is 12.9. The van der Waals surface area contributed by atoms with Crippen LogP contribution in [-0.2, 0) is 32.0 Å². The molecule has 0 aliphatic carbocycles. The Morgan fingerprint density at radius 3 is 1.20 bits per heavy atom. The lowest BCUT2D eigenvalue weighted by Crippen LogP contribution is -2.30. The van der Waals surface area contributed by atoms with Crippen LogP contribution in [0.15, 0.2) is 6.20 Å². The fourth-order valence-corrected chi connectivity index (χ4v) is 9.15. The van der Waals surface area contributed by atoms with E-state index in [4.69, 9.17) is 9.47 Å². The number of carbonyl (C=O) groups is 2. The summed E-state index contributed by atoms with van der Waals surface area (Å²) >= 11 is 0. The SMILES string of the molecule is CCCCCCCCC(CCCCCCCC)OC(=O)CCCCCCCN(CCCCCCCC(=O)OC(CCCCCCCC)CCCCCCCC)CCn1cc(CCO)nn1. The molecule has 0 spiro atoms. The molecule has 9 heteroatoms. The Kier molecular flexibility index (Phi) is 44.2. The van der Waals surface area contributed by atoms with Crippen molar-refractivity contribution in [1.29, 1.82) is 0 Å². The van der Waals surface area contributed by atoms with E-state index in [2.05, 4.69) is 42.9 Å². The van der Waals surface area contributed by atoms with Crippen LogP contribution in [0.2, 0.25) is 0 Å². The van der Waals surface area contributed by atoms with Crippen molar-refractivity contribution in [3.8, 4) is 0 Å². The Labute approximate surface area is 402 Å². The molecule has 0 radical (unpaired) electrons. The molecular weight excluding hydrogens is 809 g/mol. The molecule has 0 aromatic carbocycles. The minimum atomic E-state index is 0.0135. The van der Waals surface area contributed by atoms with Gasteiger partial charge in [0, 0.05) is 38.6 Å². The van der Waals surface area contributed by atoms with E-state index in [-0.39, 0.29) is 30.8 Å². The topological polar surface area (TPSA) is 107 Å². The highest BCUT2D eigenvalue weighted by atomic mass is 16.5. The molecule has 1 aromatic rings. The van der Waals surface area contributed by atoms with Gasteiger partial charge in [-0.2, -0.15) is 0 Å². The van der Waals surface area contributed by atoms with Crippen LogP contribution in [0.1, 0.15) is 290 Å². The quantitative estimate of drug-likeness (QED) is 0.0509. The van der Waals surface area contributed by atoms with Gasteiger partial charge in [0.05, 0.1) is 12.2 Å². The van der Waals surface area contributed by atoms with Crippen LogP contribution < -0.4 is 0 Å². The Hall–Kier alpha value is -2.00. The van der Waals surface area contributed by atoms with Gasteiger partial charge in [-0.1, -0.05) is 200 Å². The van der Waals surface area contributed by atoms with Gasteiger partial charge in [-0.25, -0.2) is 0 Å². The summed E-state index contributed by atoms with van der Waals surface area (Å²) in [5.74, 6) is 0.0270. The zero-order valence-electron chi connectivity index (χ0n) is 43.6. The van der Waals surface area contributed by atoms with Crippen molar-refractivity contribution in [2.45, 2.75) is 310 Å². The van der Waals surface area contributed by atoms with E-state index in [9.17, 15) is 14.7 Å². The molecule has 0 saturated carbocycles. The number of hydrogen-bond donors (Lipinski definition) is 1. The van der Waals surface area contributed by atoms with Crippen LogP contribution in [0.25, 0.3) is 0 Å². The number of unbranched alkanes of at least 4 members (excludes halogenated alkanes) is 28. The van der Waals surface area contributed by atoms with E-state index >= 15 is 0 Å². The summed E-state index contributed by atoms with van der Waals surface area (Å²) in [5.41, 5.74) is 0.837. The van der Waals surface area contributed by atoms with Crippen LogP contribution in [0.5, 0.6) is 0 Å². The van der Waals surface area contributed by atoms with Gasteiger partial charge < -0.3 is 19.5 Å². The Bertz CT molecular complexity index is 1070. The summed E-state index contributed by atoms with van der Waals surface area (Å²) in [6.07, 6.45) is 49.5. The van der Waals surface area contributed by atoms with Gasteiger partial charge >= 0.3 is 11.9 Å². The van der Waals surface area contributed by atoms with E-state index in [0.717, 1.165) is 109 Å². The molecule has 0 aliphatic rings. The maximum atomic E-state index is 12.9. The molecule has 1 rings (SSSR count). The molecule has 65 heavy (non-hydrogen) atoms. The average Bonchev–Trinajstić information content (AvgIpc) is 3.76. The summed E-state index contributed by atoms with van der Waals surface area (Å²) in [7, 11) is 0. The number of aliphatic hydroxyl groups excluding tert-OH is 1. The Morgan fingerprint density at radius 1 is 0.492 bits per heavy atom. The lowest BCUT2D eigenvalue weighted by molar-refractivity contribution is -0.151. The largest absolute Gasteiger partial charge is 0.462 e. The first-order valence-electron chi connectivity index (χ1n) is 28.6. The molecule has 0 atom stereocenters. The molecule has 1 aromatic heterocycles. The minimum Gasteiger partial charge on any atom is -0.462 e. The summed E-state index contributed by atoms with van der Waals surface area (Å²) in [5, 5.41) is 17.8. The molecular formula is C56H108N4O5. The highest BCUT2D eigenvalue weighted by Crippen LogP contribution is 2.20. The number of hydrogen-bond acceptors (Lipinski definition) is 8. The highest BCUT2D eigenvalue weighted by Gasteiger charge is 2.16. The van der Waals surface area contributed by atoms with Crippen molar-refractivity contribution >= 4 is 11.9 Å². The van der Waals surface area contributed by atoms with Crippen molar-refractivity contribution in [2.75, 3.05) is 26.2 Å². The summed E-state index contributed by atoms with van der Waals surface area (Å²) in [4.78, 5) is 28.4. The molecule has 9 nitrogen and oxygen atoms in total. The summed E-state index contributed by atoms with van der Waals surface area (Å²) < 4.78 is 14.1. The predicted octanol–water partition coefficient (Wildman–Crippen LogP) is 15.6. The third kappa shape index (κ3) is 39.7. The van der Waals surface area contributed by atoms with Gasteiger partial charge in [-0.3, -0.25) is 14.3 Å². The number of aliphatic hydroxyl groups is 1. The second-order valence-corrected chi connectivity index (χ2v) is 19.8. The molecule has 0 aliphatic heterocycles. The second-order valence-electron chi connectivity index (χ2n) is 19.8. The molecule has 1 heterocycles. The van der Waals surface area contributed by atoms with Crippen LogP contribution >= 0.6 is 0 Å². The van der Waals surface area contributed by atoms with Gasteiger partial charge in [-0.05, 0) is 90.1 Å². The predicted molar refractivity (Wildman–Crippen MR) is 274 cm³/mol. The van der Waals surface area contributed by atoms with Crippen LogP contribution in [0.3, 0.4) is 0 Å². The molecule has 382 valence electrons. The molecule has 0 bridgehead atoms. The third-order valence-electron chi connectivity index (χ3n) is 13.4. The standard InChI is InChI=1S/C56H108N4O5/c1-5-9-13-17-23-31-39-53(40-32-24-18-14-10-6-2)64-55(62)43-35-27-21-29-37-46-59(48-49-60-51-52(45-50-61)57-58-60)47-38-30-22-28-36-44-56(63)65-54(41-33-25-19-15-11-7-3)42-34-26-20-16-12-8-4/h51,53-54,61H,5-50H2,1-4H3. The van der Waals surface area contributed by atoms with E-state index in [1.54, 1.807) is 0 Å². The van der Waals surface area contributed by atoms with E-state index < -0.39 is 0 Å². The number of esters is 2. The zero-order valence-corrected chi connectivity index (χ0v) is 43.6. The number of nitrogens with zero attached hydrogens (tertiary/aromatic N) is 4. The first kappa shape index (κ1) is 61.0. The Morgan fingerprint density at radius 2 is 0.831 bits per heavy atom. The monoisotopic (exact) mass is 917 g/mol. The van der Waals surface area contributed by atoms with E-state index in [1.807, 2.05) is 10.9 Å². The van der Waals surface area contributed by atoms with Gasteiger partial charge in [-0.15, -0.1) is 5.10 Å². The number of aromatic nitrogens is 3. The zero-order chi connectivity index (χ0) is 47.1. The van der Waals surface area contributed by atoms with Gasteiger partial charge in [0.15, 0.2) is 0 Å². The van der Waals surface area contributed by atoms with Crippen molar-refractivity contribution in [2.24, 2.45) is 0 Å². The molecule has 1 N–H and O–H groups in total. The molecule has 0 fully saturated rings. The van der Waals surface area contributed by atoms with Crippen LogP contribution in [0.4, 0.5) is 0 Å². The molecule has 0 unspecified atom stereocenters. The molecule has 0 amide bonds. The number of rotatable bonds is 51. The van der Waals surface area contributed by atoms with Gasteiger partial charge in [0.25, 0.3) is 0 Å². The van der Waals surface area contributed by atoms with Crippen molar-refractivity contribution in [1.82, 2.24) is 19.9 Å². The van der Waals surface area contributed by atoms with E-state index in [1.165, 1.54) is 167 Å². The summed E-state index contributed by atoms with van der Waals surface area (Å²) in [6.45, 7) is 13.0. The van der Waals surface area contributed by atoms with Crippen molar-refractivity contribution in [3.05, 3.63) is 11.9 Å². The maximum Gasteiger partial charge on any atom is 0.306 e. The number of ether oxygens (including phenoxy) is 2. The van der Waals surface area contributed by atoms with Crippen molar-refractivity contribution < 1.29 is 24.2 Å². The van der Waals surface area contributed by atoms with Crippen LogP contribution in [0, 0.1) is 0 Å². The van der Waals surface area contributed by atoms with Gasteiger partial charge in [0.2, 0.25) is 0 Å². The lowest BCUT2D eigenvalue weighted by Gasteiger charge is -2.22. The summed E-state index contributed by atoms with van der Waals surface area (Å²) in [6, 6.07) is 0. The average molecular weight is 918 g/mol. The van der Waals surface area contributed by atoms with Gasteiger partial charge in [0.1, 0.15) is 12.2 Å². The first-order valence-corrected chi connectivity index (χ1v) is 28.6.